The van der Waals surface area contributed by atoms with Crippen LogP contribution in [-0.2, 0) is 4.79 Å². The molecule has 0 saturated carbocycles. The summed E-state index contributed by atoms with van der Waals surface area (Å²) in [5.74, 6) is -1.27. The second-order valence-corrected chi connectivity index (χ2v) is 8.54. The first-order valence-electron chi connectivity index (χ1n) is 9.45. The summed E-state index contributed by atoms with van der Waals surface area (Å²) in [5.41, 5.74) is 3.97. The van der Waals surface area contributed by atoms with Crippen LogP contribution in [-0.4, -0.2) is 28.2 Å². The Hall–Kier alpha value is -3.43. The highest BCUT2D eigenvalue weighted by Crippen LogP contribution is 2.39. The normalized spacial score (nSPS) is 11.5. The summed E-state index contributed by atoms with van der Waals surface area (Å²) in [6.45, 7) is 3.25. The van der Waals surface area contributed by atoms with Crippen molar-refractivity contribution in [3.63, 3.8) is 0 Å². The fourth-order valence-electron chi connectivity index (χ4n) is 2.78. The van der Waals surface area contributed by atoms with E-state index in [1.165, 1.54) is 17.6 Å². The van der Waals surface area contributed by atoms with Crippen molar-refractivity contribution in [3.05, 3.63) is 85.1 Å². The lowest BCUT2D eigenvalue weighted by molar-refractivity contribution is -0.117. The van der Waals surface area contributed by atoms with Gasteiger partial charge in [-0.2, -0.15) is 5.10 Å². The molecule has 3 rings (SSSR count). The smallest absolute Gasteiger partial charge is 0.287 e. The van der Waals surface area contributed by atoms with Crippen LogP contribution in [0, 0.1) is 13.8 Å². The van der Waals surface area contributed by atoms with Crippen LogP contribution < -0.4 is 10.7 Å². The predicted octanol–water partition coefficient (Wildman–Crippen LogP) is 4.46. The minimum absolute atomic E-state index is 0.0162. The van der Waals surface area contributed by atoms with Gasteiger partial charge in [0.05, 0.1) is 10.7 Å². The molecule has 0 aliphatic rings. The average Bonchev–Trinajstić information content (AvgIpc) is 3.31. The summed E-state index contributed by atoms with van der Waals surface area (Å²) in [4.78, 5) is 26.1. The lowest BCUT2D eigenvalue weighted by Gasteiger charge is -2.12. The number of hydrogen-bond donors (Lipinski definition) is 4. The number of rotatable bonds is 6. The molecule has 1 heterocycles. The summed E-state index contributed by atoms with van der Waals surface area (Å²) in [5, 5.41) is 28.7. The first-order chi connectivity index (χ1) is 15.3. The fourth-order valence-corrected chi connectivity index (χ4v) is 3.95. The van der Waals surface area contributed by atoms with Crippen molar-refractivity contribution in [1.29, 1.82) is 0 Å². The summed E-state index contributed by atoms with van der Waals surface area (Å²) >= 11 is 4.69. The Bertz CT molecular complexity index is 1180. The molecule has 1 aromatic heterocycles. The molecule has 3 aromatic rings. The van der Waals surface area contributed by atoms with E-state index < -0.39 is 11.8 Å². The number of phenols is 2. The van der Waals surface area contributed by atoms with Crippen molar-refractivity contribution in [3.8, 4) is 11.5 Å². The zero-order chi connectivity index (χ0) is 23.3. The molecule has 164 valence electrons. The van der Waals surface area contributed by atoms with Gasteiger partial charge in [0.1, 0.15) is 17.2 Å². The topological polar surface area (TPSA) is 111 Å². The number of amides is 2. The Kier molecular flexibility index (Phi) is 7.45. The van der Waals surface area contributed by atoms with Crippen LogP contribution in [0.2, 0.25) is 0 Å². The maximum absolute atomic E-state index is 12.8. The van der Waals surface area contributed by atoms with Gasteiger partial charge in [-0.05, 0) is 65.0 Å². The van der Waals surface area contributed by atoms with Crippen LogP contribution in [0.25, 0.3) is 6.08 Å². The van der Waals surface area contributed by atoms with Gasteiger partial charge in [-0.1, -0.05) is 24.3 Å². The molecule has 9 heteroatoms. The number of hydrogen-bond acceptors (Lipinski definition) is 6. The summed E-state index contributed by atoms with van der Waals surface area (Å²) < 4.78 is 0.425. The van der Waals surface area contributed by atoms with Crippen LogP contribution >= 0.6 is 27.3 Å². The molecule has 32 heavy (non-hydrogen) atoms. The average molecular weight is 514 g/mol. The number of thiophene rings is 1. The number of carbonyl (C=O) groups is 2. The monoisotopic (exact) mass is 513 g/mol. The largest absolute Gasteiger partial charge is 0.507 e. The SMILES string of the molecule is Cc1c(O)c(Br)c(C)c(/C=N/NC(=O)C(=Cc2cccs2)NC(=O)c2ccccc2)c1O. The van der Waals surface area contributed by atoms with E-state index >= 15 is 0 Å². The zero-order valence-electron chi connectivity index (χ0n) is 17.2. The number of halogens is 1. The van der Waals surface area contributed by atoms with Crippen LogP contribution in [0.3, 0.4) is 0 Å². The van der Waals surface area contributed by atoms with Gasteiger partial charge in [0.15, 0.2) is 0 Å². The van der Waals surface area contributed by atoms with Crippen molar-refractivity contribution >= 4 is 51.4 Å². The van der Waals surface area contributed by atoms with Crippen LogP contribution in [0.4, 0.5) is 0 Å². The molecule has 0 atom stereocenters. The molecule has 0 unspecified atom stereocenters. The van der Waals surface area contributed by atoms with E-state index in [1.54, 1.807) is 50.3 Å². The summed E-state index contributed by atoms with van der Waals surface area (Å²) in [6.07, 6.45) is 2.84. The summed E-state index contributed by atoms with van der Waals surface area (Å²) in [6, 6.07) is 12.2. The van der Waals surface area contributed by atoms with Crippen LogP contribution in [0.1, 0.15) is 31.9 Å². The minimum Gasteiger partial charge on any atom is -0.507 e. The molecule has 0 bridgehead atoms. The molecular weight excluding hydrogens is 494 g/mol. The van der Waals surface area contributed by atoms with Crippen LogP contribution in [0.15, 0.2) is 63.1 Å². The molecule has 2 aromatic carbocycles. The third-order valence-electron chi connectivity index (χ3n) is 4.63. The second-order valence-electron chi connectivity index (χ2n) is 6.77. The van der Waals surface area contributed by atoms with Gasteiger partial charge in [0.2, 0.25) is 0 Å². The molecule has 0 saturated heterocycles. The molecule has 0 aliphatic carbocycles. The van der Waals surface area contributed by atoms with Crippen molar-refractivity contribution in [2.75, 3.05) is 0 Å². The molecule has 0 radical (unpaired) electrons. The maximum Gasteiger partial charge on any atom is 0.287 e. The van der Waals surface area contributed by atoms with E-state index in [0.29, 0.717) is 21.2 Å². The number of aromatic hydroxyl groups is 2. The first-order valence-corrected chi connectivity index (χ1v) is 11.1. The Morgan fingerprint density at radius 3 is 2.41 bits per heavy atom. The third kappa shape index (κ3) is 5.24. The van der Waals surface area contributed by atoms with Crippen molar-refractivity contribution in [1.82, 2.24) is 10.7 Å². The highest BCUT2D eigenvalue weighted by molar-refractivity contribution is 9.10. The molecular formula is C23H20BrN3O4S. The van der Waals surface area contributed by atoms with Crippen molar-refractivity contribution in [2.24, 2.45) is 5.10 Å². The molecule has 0 spiro atoms. The number of carbonyl (C=O) groups excluding carboxylic acids is 2. The molecule has 4 N–H and O–H groups in total. The number of phenolic OH excluding ortho intramolecular Hbond substituents is 2. The lowest BCUT2D eigenvalue weighted by atomic mass is 10.0. The second kappa shape index (κ2) is 10.3. The Labute approximate surface area is 197 Å². The van der Waals surface area contributed by atoms with E-state index in [0.717, 1.165) is 4.88 Å². The van der Waals surface area contributed by atoms with Crippen molar-refractivity contribution in [2.45, 2.75) is 13.8 Å². The number of hydrazone groups is 1. The highest BCUT2D eigenvalue weighted by atomic mass is 79.9. The van der Waals surface area contributed by atoms with Gasteiger partial charge >= 0.3 is 0 Å². The number of nitrogens with one attached hydrogen (secondary N) is 2. The van der Waals surface area contributed by atoms with E-state index in [2.05, 4.69) is 31.8 Å². The highest BCUT2D eigenvalue weighted by Gasteiger charge is 2.17. The Morgan fingerprint density at radius 2 is 1.75 bits per heavy atom. The van der Waals surface area contributed by atoms with E-state index in [-0.39, 0.29) is 22.8 Å². The Balaban J connectivity index is 1.83. The van der Waals surface area contributed by atoms with Gasteiger partial charge in [0, 0.05) is 21.6 Å². The van der Waals surface area contributed by atoms with Crippen LogP contribution in [0.5, 0.6) is 11.5 Å². The zero-order valence-corrected chi connectivity index (χ0v) is 19.6. The number of nitrogens with zero attached hydrogens (tertiary/aromatic N) is 1. The maximum atomic E-state index is 12.8. The fraction of sp³-hybridized carbons (Fsp3) is 0.0870. The van der Waals surface area contributed by atoms with Gasteiger partial charge in [0.25, 0.3) is 11.8 Å². The summed E-state index contributed by atoms with van der Waals surface area (Å²) in [7, 11) is 0. The van der Waals surface area contributed by atoms with Gasteiger partial charge in [-0.15, -0.1) is 11.3 Å². The first kappa shape index (κ1) is 23.2. The third-order valence-corrected chi connectivity index (χ3v) is 6.41. The molecule has 2 amide bonds. The lowest BCUT2D eigenvalue weighted by Crippen LogP contribution is -2.32. The minimum atomic E-state index is -0.634. The van der Waals surface area contributed by atoms with E-state index in [1.807, 2.05) is 17.5 Å². The standard InChI is InChI=1S/C23H20BrN3O4S/c1-13-17(20(28)14(2)21(29)19(13)24)12-25-27-23(31)18(11-16-9-6-10-32-16)26-22(30)15-7-4-3-5-8-15/h3-12,28-29H,1-2H3,(H,26,30)(H,27,31)/b18-11?,25-12+. The van der Waals surface area contributed by atoms with Gasteiger partial charge < -0.3 is 15.5 Å². The molecule has 7 nitrogen and oxygen atoms in total. The number of benzene rings is 2. The molecule has 0 fully saturated rings. The van der Waals surface area contributed by atoms with E-state index in [4.69, 9.17) is 0 Å². The van der Waals surface area contributed by atoms with Gasteiger partial charge in [-0.3, -0.25) is 9.59 Å². The van der Waals surface area contributed by atoms with Gasteiger partial charge in [-0.25, -0.2) is 5.43 Å². The van der Waals surface area contributed by atoms with E-state index in [9.17, 15) is 19.8 Å². The Morgan fingerprint density at radius 1 is 1.03 bits per heavy atom. The predicted molar refractivity (Wildman–Crippen MR) is 129 cm³/mol. The quantitative estimate of drug-likeness (QED) is 0.221. The molecule has 0 aliphatic heterocycles. The van der Waals surface area contributed by atoms with Crippen molar-refractivity contribution < 1.29 is 19.8 Å².